The van der Waals surface area contributed by atoms with Crippen LogP contribution in [0.5, 0.6) is 0 Å². The van der Waals surface area contributed by atoms with Crippen molar-refractivity contribution in [2.75, 3.05) is 5.32 Å². The second-order valence-corrected chi connectivity index (χ2v) is 6.28. The molecule has 1 N–H and O–H groups in total. The van der Waals surface area contributed by atoms with Crippen molar-refractivity contribution >= 4 is 23.1 Å². The molecular formula is C16H17N5OS. The Balaban J connectivity index is 1.84. The number of anilines is 1. The van der Waals surface area contributed by atoms with Gasteiger partial charge in [0, 0.05) is 0 Å². The largest absolute Gasteiger partial charge is 0.317 e. The average molecular weight is 327 g/mol. The van der Waals surface area contributed by atoms with E-state index in [-0.39, 0.29) is 5.91 Å². The molecule has 2 aromatic heterocycles. The van der Waals surface area contributed by atoms with Gasteiger partial charge in [-0.2, -0.15) is 5.10 Å². The summed E-state index contributed by atoms with van der Waals surface area (Å²) < 4.78 is 5.70. The molecule has 0 radical (unpaired) electrons. The Hall–Kier alpha value is -2.54. The summed E-state index contributed by atoms with van der Waals surface area (Å²) in [6, 6.07) is 10.1. The first-order valence-corrected chi connectivity index (χ1v) is 8.02. The predicted octanol–water partition coefficient (Wildman–Crippen LogP) is 2.96. The summed E-state index contributed by atoms with van der Waals surface area (Å²) in [7, 11) is 0. The Morgan fingerprint density at radius 2 is 1.96 bits per heavy atom. The van der Waals surface area contributed by atoms with E-state index in [1.807, 2.05) is 43.7 Å². The number of carbonyl (C=O) groups is 1. The number of rotatable bonds is 4. The predicted molar refractivity (Wildman–Crippen MR) is 89.8 cm³/mol. The molecule has 7 heteroatoms. The number of amides is 1. The smallest absolute Gasteiger partial charge is 0.277 e. The van der Waals surface area contributed by atoms with Crippen molar-refractivity contribution in [3.05, 3.63) is 57.9 Å². The van der Waals surface area contributed by atoms with Gasteiger partial charge in [-0.05, 0) is 37.9 Å². The van der Waals surface area contributed by atoms with Crippen LogP contribution in [0.25, 0.3) is 0 Å². The van der Waals surface area contributed by atoms with Crippen LogP contribution in [-0.4, -0.2) is 25.3 Å². The zero-order valence-electron chi connectivity index (χ0n) is 13.2. The first-order chi connectivity index (χ1) is 11.1. The Kier molecular flexibility index (Phi) is 4.20. The Labute approximate surface area is 138 Å². The molecule has 1 aromatic carbocycles. The fraction of sp³-hybridized carbons (Fsp3) is 0.250. The summed E-state index contributed by atoms with van der Waals surface area (Å²) in [6.07, 6.45) is 0. The van der Waals surface area contributed by atoms with E-state index < -0.39 is 0 Å². The van der Waals surface area contributed by atoms with E-state index in [4.69, 9.17) is 0 Å². The van der Waals surface area contributed by atoms with Crippen molar-refractivity contribution in [2.24, 2.45) is 0 Å². The molecule has 0 spiro atoms. The molecule has 0 saturated heterocycles. The van der Waals surface area contributed by atoms with E-state index in [9.17, 15) is 4.79 Å². The molecule has 0 fully saturated rings. The highest BCUT2D eigenvalue weighted by molar-refractivity contribution is 7.05. The second kappa shape index (κ2) is 6.29. The van der Waals surface area contributed by atoms with Gasteiger partial charge < -0.3 is 5.32 Å². The van der Waals surface area contributed by atoms with Gasteiger partial charge >= 0.3 is 0 Å². The molecule has 23 heavy (non-hydrogen) atoms. The zero-order chi connectivity index (χ0) is 16.4. The van der Waals surface area contributed by atoms with Crippen LogP contribution < -0.4 is 5.32 Å². The van der Waals surface area contributed by atoms with Gasteiger partial charge in [-0.15, -0.1) is 5.10 Å². The van der Waals surface area contributed by atoms with Crippen LogP contribution in [0.1, 0.15) is 32.3 Å². The Morgan fingerprint density at radius 3 is 2.61 bits per heavy atom. The standard InChI is InChI=1S/C16H17N5OS/c1-10-14(17-16(22)15-12(3)23-20-18-15)11(2)21(19-10)9-13-7-5-4-6-8-13/h4-8H,9H2,1-3H3,(H,17,22). The van der Waals surface area contributed by atoms with E-state index in [1.165, 1.54) is 11.5 Å². The summed E-state index contributed by atoms with van der Waals surface area (Å²) >= 11 is 1.22. The van der Waals surface area contributed by atoms with Crippen LogP contribution in [0.3, 0.4) is 0 Å². The summed E-state index contributed by atoms with van der Waals surface area (Å²) in [5.74, 6) is -0.248. The minimum atomic E-state index is -0.248. The summed E-state index contributed by atoms with van der Waals surface area (Å²) in [5.41, 5.74) is 3.96. The third-order valence-corrected chi connectivity index (χ3v) is 4.29. The molecule has 3 aromatic rings. The van der Waals surface area contributed by atoms with Crippen molar-refractivity contribution in [3.63, 3.8) is 0 Å². The minimum Gasteiger partial charge on any atom is -0.317 e. The summed E-state index contributed by atoms with van der Waals surface area (Å²) in [6.45, 7) is 6.33. The number of aromatic nitrogens is 4. The van der Waals surface area contributed by atoms with Crippen LogP contribution >= 0.6 is 11.5 Å². The van der Waals surface area contributed by atoms with E-state index in [0.717, 1.165) is 27.5 Å². The van der Waals surface area contributed by atoms with Gasteiger partial charge in [0.1, 0.15) is 0 Å². The molecule has 0 unspecified atom stereocenters. The van der Waals surface area contributed by atoms with E-state index in [1.54, 1.807) is 0 Å². The monoisotopic (exact) mass is 327 g/mol. The van der Waals surface area contributed by atoms with Gasteiger partial charge in [0.15, 0.2) is 5.69 Å². The molecule has 0 atom stereocenters. The van der Waals surface area contributed by atoms with E-state index in [0.29, 0.717) is 12.2 Å². The fourth-order valence-electron chi connectivity index (χ4n) is 2.40. The lowest BCUT2D eigenvalue weighted by Gasteiger charge is -2.06. The molecule has 6 nitrogen and oxygen atoms in total. The molecule has 0 saturated carbocycles. The number of nitrogens with zero attached hydrogens (tertiary/aromatic N) is 4. The van der Waals surface area contributed by atoms with Crippen molar-refractivity contribution in [1.82, 2.24) is 19.4 Å². The maximum absolute atomic E-state index is 12.3. The number of benzene rings is 1. The van der Waals surface area contributed by atoms with Crippen molar-refractivity contribution < 1.29 is 4.79 Å². The van der Waals surface area contributed by atoms with Crippen LogP contribution in [0, 0.1) is 20.8 Å². The van der Waals surface area contributed by atoms with Gasteiger partial charge in [-0.25, -0.2) is 0 Å². The maximum Gasteiger partial charge on any atom is 0.277 e. The van der Waals surface area contributed by atoms with Crippen LogP contribution in [0.4, 0.5) is 5.69 Å². The molecule has 1 amide bonds. The third-order valence-electron chi connectivity index (χ3n) is 3.66. The van der Waals surface area contributed by atoms with E-state index in [2.05, 4.69) is 32.1 Å². The first kappa shape index (κ1) is 15.4. The number of nitrogens with one attached hydrogen (secondary N) is 1. The Morgan fingerprint density at radius 1 is 1.22 bits per heavy atom. The molecule has 0 aliphatic carbocycles. The normalized spacial score (nSPS) is 10.7. The molecule has 118 valence electrons. The lowest BCUT2D eigenvalue weighted by molar-refractivity contribution is 0.102. The Bertz CT molecular complexity index is 838. The molecule has 3 rings (SSSR count). The highest BCUT2D eigenvalue weighted by Gasteiger charge is 2.18. The quantitative estimate of drug-likeness (QED) is 0.799. The lowest BCUT2D eigenvalue weighted by atomic mass is 10.2. The second-order valence-electron chi connectivity index (χ2n) is 5.32. The molecule has 0 aliphatic heterocycles. The molecule has 0 aliphatic rings. The lowest BCUT2D eigenvalue weighted by Crippen LogP contribution is -2.15. The van der Waals surface area contributed by atoms with Gasteiger partial charge in [-0.3, -0.25) is 9.48 Å². The van der Waals surface area contributed by atoms with Crippen LogP contribution in [0.2, 0.25) is 0 Å². The maximum atomic E-state index is 12.3. The highest BCUT2D eigenvalue weighted by Crippen LogP contribution is 2.22. The zero-order valence-corrected chi connectivity index (χ0v) is 14.0. The highest BCUT2D eigenvalue weighted by atomic mass is 32.1. The van der Waals surface area contributed by atoms with Gasteiger partial charge in [0.05, 0.1) is 28.5 Å². The number of hydrogen-bond donors (Lipinski definition) is 1. The number of hydrogen-bond acceptors (Lipinski definition) is 5. The minimum absolute atomic E-state index is 0.248. The molecule has 0 bridgehead atoms. The topological polar surface area (TPSA) is 72.7 Å². The van der Waals surface area contributed by atoms with Crippen LogP contribution in [-0.2, 0) is 6.54 Å². The average Bonchev–Trinajstić information content (AvgIpc) is 3.07. The van der Waals surface area contributed by atoms with Crippen LogP contribution in [0.15, 0.2) is 30.3 Å². The van der Waals surface area contributed by atoms with Crippen molar-refractivity contribution in [3.8, 4) is 0 Å². The first-order valence-electron chi connectivity index (χ1n) is 7.24. The number of aryl methyl sites for hydroxylation is 2. The van der Waals surface area contributed by atoms with Gasteiger partial charge in [0.25, 0.3) is 5.91 Å². The molecular weight excluding hydrogens is 310 g/mol. The third kappa shape index (κ3) is 3.14. The fourth-order valence-corrected chi connectivity index (χ4v) is 2.87. The van der Waals surface area contributed by atoms with E-state index >= 15 is 0 Å². The van der Waals surface area contributed by atoms with Crippen molar-refractivity contribution in [1.29, 1.82) is 0 Å². The van der Waals surface area contributed by atoms with Crippen molar-refractivity contribution in [2.45, 2.75) is 27.3 Å². The summed E-state index contributed by atoms with van der Waals surface area (Å²) in [4.78, 5) is 13.1. The van der Waals surface area contributed by atoms with Gasteiger partial charge in [0.2, 0.25) is 0 Å². The van der Waals surface area contributed by atoms with Gasteiger partial charge in [-0.1, -0.05) is 34.8 Å². The molecule has 2 heterocycles. The number of carbonyl (C=O) groups excluding carboxylic acids is 1. The SMILES string of the molecule is Cc1nn(Cc2ccccc2)c(C)c1NC(=O)c1nnsc1C. The summed E-state index contributed by atoms with van der Waals surface area (Å²) in [5, 5.41) is 11.3.